The van der Waals surface area contributed by atoms with E-state index in [2.05, 4.69) is 18.7 Å². The van der Waals surface area contributed by atoms with Crippen LogP contribution in [0.5, 0.6) is 0 Å². The number of hydrogen-bond donors (Lipinski definition) is 4. The number of ether oxygens (including phenoxy) is 3. The van der Waals surface area contributed by atoms with Crippen LogP contribution in [0.15, 0.2) is 36.0 Å². The lowest BCUT2D eigenvalue weighted by Gasteiger charge is -2.38. The van der Waals surface area contributed by atoms with Crippen LogP contribution < -0.4 is 0 Å². The fraction of sp³-hybridized carbons (Fsp3) is 0.784. The van der Waals surface area contributed by atoms with E-state index in [1.54, 1.807) is 49.1 Å². The van der Waals surface area contributed by atoms with Crippen molar-refractivity contribution in [3.05, 3.63) is 36.0 Å². The Morgan fingerprint density at radius 3 is 2.56 bits per heavy atom. The molecule has 4 N–H and O–H groups in total. The van der Waals surface area contributed by atoms with Crippen LogP contribution in [0.4, 0.5) is 4.79 Å². The highest BCUT2D eigenvalue weighted by molar-refractivity contribution is 5.70. The number of allylic oxidation sites excluding steroid dienone is 2. The molecule has 10 unspecified atom stereocenters. The first-order valence-corrected chi connectivity index (χ1v) is 17.9. The third-order valence-electron chi connectivity index (χ3n) is 10.8. The fourth-order valence-electron chi connectivity index (χ4n) is 7.53. The summed E-state index contributed by atoms with van der Waals surface area (Å²) in [6.07, 6.45) is 6.74. The van der Waals surface area contributed by atoms with Crippen molar-refractivity contribution < 1.29 is 44.2 Å². The van der Waals surface area contributed by atoms with Gasteiger partial charge in [-0.1, -0.05) is 45.1 Å². The number of aliphatic hydroxyl groups is 4. The molecule has 0 aromatic carbocycles. The van der Waals surface area contributed by atoms with Gasteiger partial charge in [0.2, 0.25) is 0 Å². The SMILES string of the molecule is CCC(O)C(C)C1OC1CC(C)(O)/C=C/C=C(\C)C1OC(=O)CC(O)CCC(C)(O)C(OC(=O)N2C[C@@H]3C[C@H]2CN3C(C)C)/C=C/C1C. The van der Waals surface area contributed by atoms with Gasteiger partial charge in [0.25, 0.3) is 0 Å². The number of rotatable bonds is 10. The molecule has 3 saturated heterocycles. The van der Waals surface area contributed by atoms with Crippen LogP contribution in [-0.4, -0.2) is 121 Å². The van der Waals surface area contributed by atoms with Gasteiger partial charge in [0.15, 0.2) is 6.10 Å². The number of cyclic esters (lactones) is 1. The molecule has 4 aliphatic rings. The summed E-state index contributed by atoms with van der Waals surface area (Å²) in [5.41, 5.74) is -1.93. The van der Waals surface area contributed by atoms with Gasteiger partial charge in [-0.3, -0.25) is 9.69 Å². The Bertz CT molecular complexity index is 1210. The Balaban J connectivity index is 1.46. The Hall–Kier alpha value is -2.28. The zero-order valence-electron chi connectivity index (χ0n) is 30.1. The first-order valence-electron chi connectivity index (χ1n) is 17.9. The normalized spacial score (nSPS) is 38.2. The van der Waals surface area contributed by atoms with Crippen LogP contribution in [0.1, 0.15) is 93.9 Å². The first-order chi connectivity index (χ1) is 22.4. The molecule has 0 radical (unpaired) electrons. The number of fused-ring (bicyclic) bond motifs is 2. The molecular formula is C37H60N2O9. The maximum absolute atomic E-state index is 13.4. The van der Waals surface area contributed by atoms with Gasteiger partial charge in [0, 0.05) is 49.5 Å². The van der Waals surface area contributed by atoms with Crippen molar-refractivity contribution in [3.63, 3.8) is 0 Å². The lowest BCUT2D eigenvalue weighted by molar-refractivity contribution is -0.151. The lowest BCUT2D eigenvalue weighted by atomic mass is 9.88. The van der Waals surface area contributed by atoms with E-state index >= 15 is 0 Å². The Morgan fingerprint density at radius 2 is 1.94 bits per heavy atom. The molecule has 2 bridgehead atoms. The van der Waals surface area contributed by atoms with Gasteiger partial charge in [0.05, 0.1) is 36.4 Å². The summed E-state index contributed by atoms with van der Waals surface area (Å²) in [7, 11) is 0. The van der Waals surface area contributed by atoms with Crippen molar-refractivity contribution in [2.45, 2.75) is 160 Å². The largest absolute Gasteiger partial charge is 0.457 e. The van der Waals surface area contributed by atoms with Gasteiger partial charge in [-0.25, -0.2) is 4.79 Å². The van der Waals surface area contributed by atoms with Crippen molar-refractivity contribution in [1.82, 2.24) is 9.80 Å². The van der Waals surface area contributed by atoms with Crippen molar-refractivity contribution in [2.24, 2.45) is 11.8 Å². The molecule has 11 heteroatoms. The molecule has 12 atom stereocenters. The Labute approximate surface area is 286 Å². The number of nitrogens with zero attached hydrogens (tertiary/aromatic N) is 2. The standard InChI is InChI=1S/C37H60N2O9/c1-9-29(41)25(6)34-30(46-34)19-36(7,44)15-10-11-23(4)33-24(5)12-13-31(37(8,45)16-14-28(40)18-32(42)48-33)47-35(43)39-21-26-17-27(39)20-38(26)22(2)3/h10-13,15,22,24-31,33-34,40-41,44-45H,9,14,16-21H2,1-8H3/b13-12+,15-10+,23-11+/t24?,25?,26-,27-,28?,29?,30?,31?,33?,34?,36?,37?/m0/s1. The van der Waals surface area contributed by atoms with E-state index in [4.69, 9.17) is 14.2 Å². The van der Waals surface area contributed by atoms with Gasteiger partial charge >= 0.3 is 12.1 Å². The van der Waals surface area contributed by atoms with Crippen LogP contribution in [0.25, 0.3) is 0 Å². The van der Waals surface area contributed by atoms with Gasteiger partial charge in [-0.2, -0.15) is 0 Å². The minimum absolute atomic E-state index is 0.0106. The smallest absolute Gasteiger partial charge is 0.410 e. The highest BCUT2D eigenvalue weighted by atomic mass is 16.6. The highest BCUT2D eigenvalue weighted by Crippen LogP contribution is 2.38. The minimum atomic E-state index is -1.48. The first kappa shape index (κ1) is 38.5. The van der Waals surface area contributed by atoms with Crippen molar-refractivity contribution in [1.29, 1.82) is 0 Å². The third kappa shape index (κ3) is 9.69. The Kier molecular flexibility index (Phi) is 12.6. The van der Waals surface area contributed by atoms with E-state index in [9.17, 15) is 30.0 Å². The molecular weight excluding hydrogens is 616 g/mol. The van der Waals surface area contributed by atoms with E-state index in [0.29, 0.717) is 37.0 Å². The second-order valence-electron chi connectivity index (χ2n) is 15.5. The molecule has 0 saturated carbocycles. The number of esters is 1. The van der Waals surface area contributed by atoms with Crippen molar-refractivity contribution in [3.8, 4) is 0 Å². The number of epoxide rings is 1. The molecule has 4 aliphatic heterocycles. The molecule has 11 nitrogen and oxygen atoms in total. The predicted octanol–water partition coefficient (Wildman–Crippen LogP) is 3.88. The number of hydrogen-bond acceptors (Lipinski definition) is 10. The van der Waals surface area contributed by atoms with E-state index in [0.717, 1.165) is 13.0 Å². The molecule has 3 fully saturated rings. The summed E-state index contributed by atoms with van der Waals surface area (Å²) in [5, 5.41) is 43.3. The third-order valence-corrected chi connectivity index (χ3v) is 10.8. The van der Waals surface area contributed by atoms with Gasteiger partial charge in [0.1, 0.15) is 11.7 Å². The second-order valence-corrected chi connectivity index (χ2v) is 15.5. The maximum Gasteiger partial charge on any atom is 0.410 e. The molecule has 0 aliphatic carbocycles. The van der Waals surface area contributed by atoms with Crippen LogP contribution >= 0.6 is 0 Å². The molecule has 4 rings (SSSR count). The number of carbonyl (C=O) groups excluding carboxylic acids is 2. The van der Waals surface area contributed by atoms with Crippen LogP contribution in [0, 0.1) is 11.8 Å². The van der Waals surface area contributed by atoms with E-state index in [1.807, 2.05) is 27.7 Å². The molecule has 0 aromatic rings. The molecule has 0 aromatic heterocycles. The summed E-state index contributed by atoms with van der Waals surface area (Å²) in [5.74, 6) is -0.940. The zero-order valence-corrected chi connectivity index (χ0v) is 30.1. The topological polar surface area (TPSA) is 153 Å². The summed E-state index contributed by atoms with van der Waals surface area (Å²) in [4.78, 5) is 30.5. The number of carbonyl (C=O) groups is 2. The average Bonchev–Trinajstić information content (AvgIpc) is 3.43. The van der Waals surface area contributed by atoms with Crippen molar-refractivity contribution in [2.75, 3.05) is 13.1 Å². The number of amides is 1. The van der Waals surface area contributed by atoms with Crippen LogP contribution in [0.2, 0.25) is 0 Å². The summed E-state index contributed by atoms with van der Waals surface area (Å²) in [6.45, 7) is 16.6. The second kappa shape index (κ2) is 15.7. The molecule has 4 heterocycles. The number of piperazine rings is 1. The van der Waals surface area contributed by atoms with E-state index in [1.165, 1.54) is 0 Å². The number of likely N-dealkylation sites (tertiary alicyclic amines) is 2. The lowest BCUT2D eigenvalue weighted by Crippen LogP contribution is -2.52. The highest BCUT2D eigenvalue weighted by Gasteiger charge is 2.48. The zero-order chi connectivity index (χ0) is 35.6. The summed E-state index contributed by atoms with van der Waals surface area (Å²) in [6, 6.07) is 0.784. The van der Waals surface area contributed by atoms with Crippen molar-refractivity contribution >= 4 is 12.1 Å². The molecule has 272 valence electrons. The molecule has 1 amide bonds. The summed E-state index contributed by atoms with van der Waals surface area (Å²) >= 11 is 0. The van der Waals surface area contributed by atoms with E-state index in [-0.39, 0.29) is 49.3 Å². The number of aliphatic hydroxyl groups excluding tert-OH is 2. The molecule has 48 heavy (non-hydrogen) atoms. The van der Waals surface area contributed by atoms with Gasteiger partial charge < -0.3 is 39.5 Å². The van der Waals surface area contributed by atoms with Crippen LogP contribution in [-0.2, 0) is 19.0 Å². The summed E-state index contributed by atoms with van der Waals surface area (Å²) < 4.78 is 17.6. The monoisotopic (exact) mass is 676 g/mol. The molecule has 0 spiro atoms. The quantitative estimate of drug-likeness (QED) is 0.116. The maximum atomic E-state index is 13.4. The van der Waals surface area contributed by atoms with Gasteiger partial charge in [-0.05, 0) is 72.0 Å². The van der Waals surface area contributed by atoms with Gasteiger partial charge in [-0.15, -0.1) is 0 Å². The van der Waals surface area contributed by atoms with Crippen LogP contribution in [0.3, 0.4) is 0 Å². The average molecular weight is 677 g/mol. The predicted molar refractivity (Wildman–Crippen MR) is 182 cm³/mol. The minimum Gasteiger partial charge on any atom is -0.457 e. The Morgan fingerprint density at radius 1 is 1.23 bits per heavy atom. The van der Waals surface area contributed by atoms with E-state index < -0.39 is 47.7 Å². The fourth-order valence-corrected chi connectivity index (χ4v) is 7.53.